The molecular formula is C16H14Cl2N4OS. The molecule has 0 aliphatic heterocycles. The van der Waals surface area contributed by atoms with Crippen LogP contribution < -0.4 is 10.6 Å². The largest absolute Gasteiger partial charge is 0.497 e. The molecule has 0 fully saturated rings. The fraction of sp³-hybridized carbons (Fsp3) is 0.125. The Labute approximate surface area is 153 Å². The summed E-state index contributed by atoms with van der Waals surface area (Å²) in [6.45, 7) is 0. The van der Waals surface area contributed by atoms with Crippen LogP contribution in [-0.2, 0) is 5.75 Å². The lowest BCUT2D eigenvalue weighted by Crippen LogP contribution is -2.11. The highest BCUT2D eigenvalue weighted by Crippen LogP contribution is 2.28. The maximum Gasteiger partial charge on any atom is 0.210 e. The molecule has 0 bridgehead atoms. The number of nitrogens with zero attached hydrogens (tertiary/aromatic N) is 3. The minimum absolute atomic E-state index is 0.529. The molecular weight excluding hydrogens is 367 g/mol. The van der Waals surface area contributed by atoms with Crippen LogP contribution in [0, 0.1) is 0 Å². The first-order chi connectivity index (χ1) is 11.6. The zero-order valence-electron chi connectivity index (χ0n) is 12.7. The van der Waals surface area contributed by atoms with E-state index in [1.807, 2.05) is 36.4 Å². The SMILES string of the molecule is COc1cccc(-c2nnc(SCc3ccc(Cl)c(Cl)c3)n2N)c1. The lowest BCUT2D eigenvalue weighted by molar-refractivity contribution is 0.415. The van der Waals surface area contributed by atoms with Crippen LogP contribution in [-0.4, -0.2) is 22.0 Å². The van der Waals surface area contributed by atoms with Gasteiger partial charge in [0.2, 0.25) is 5.16 Å². The maximum atomic E-state index is 6.13. The first-order valence-electron chi connectivity index (χ1n) is 7.00. The van der Waals surface area contributed by atoms with Gasteiger partial charge < -0.3 is 10.6 Å². The van der Waals surface area contributed by atoms with Gasteiger partial charge in [-0.25, -0.2) is 4.68 Å². The predicted molar refractivity (Wildman–Crippen MR) is 98.2 cm³/mol. The average Bonchev–Trinajstić information content (AvgIpc) is 2.97. The summed E-state index contributed by atoms with van der Waals surface area (Å²) in [6.07, 6.45) is 0. The molecule has 2 aromatic carbocycles. The number of rotatable bonds is 5. The van der Waals surface area contributed by atoms with Crippen LogP contribution in [0.4, 0.5) is 0 Å². The summed E-state index contributed by atoms with van der Waals surface area (Å²) in [5.41, 5.74) is 1.87. The average molecular weight is 381 g/mol. The molecule has 0 amide bonds. The molecule has 0 saturated carbocycles. The van der Waals surface area contributed by atoms with Gasteiger partial charge in [0.15, 0.2) is 5.82 Å². The van der Waals surface area contributed by atoms with Crippen molar-refractivity contribution in [3.05, 3.63) is 58.1 Å². The second-order valence-corrected chi connectivity index (χ2v) is 6.70. The summed E-state index contributed by atoms with van der Waals surface area (Å²) in [7, 11) is 1.62. The number of hydrogen-bond donors (Lipinski definition) is 1. The minimum atomic E-state index is 0.529. The van der Waals surface area contributed by atoms with E-state index in [1.54, 1.807) is 13.2 Å². The Kier molecular flexibility index (Phi) is 5.18. The first kappa shape index (κ1) is 17.0. The van der Waals surface area contributed by atoms with Gasteiger partial charge in [-0.2, -0.15) is 0 Å². The Morgan fingerprint density at radius 2 is 1.96 bits per heavy atom. The molecule has 124 valence electrons. The molecule has 8 heteroatoms. The van der Waals surface area contributed by atoms with Crippen molar-refractivity contribution < 1.29 is 4.74 Å². The summed E-state index contributed by atoms with van der Waals surface area (Å²) in [4.78, 5) is 0. The van der Waals surface area contributed by atoms with Gasteiger partial charge in [-0.3, -0.25) is 0 Å². The minimum Gasteiger partial charge on any atom is -0.497 e. The topological polar surface area (TPSA) is 66.0 Å². The summed E-state index contributed by atoms with van der Waals surface area (Å²) in [5, 5.41) is 10.00. The molecule has 24 heavy (non-hydrogen) atoms. The van der Waals surface area contributed by atoms with Crippen LogP contribution in [0.2, 0.25) is 10.0 Å². The van der Waals surface area contributed by atoms with Crippen molar-refractivity contribution in [1.82, 2.24) is 14.9 Å². The van der Waals surface area contributed by atoms with E-state index in [0.717, 1.165) is 16.9 Å². The number of nitrogen functional groups attached to an aromatic ring is 1. The number of aromatic nitrogens is 3. The Morgan fingerprint density at radius 3 is 2.71 bits per heavy atom. The molecule has 0 atom stereocenters. The smallest absolute Gasteiger partial charge is 0.210 e. The fourth-order valence-electron chi connectivity index (χ4n) is 2.11. The van der Waals surface area contributed by atoms with E-state index in [0.29, 0.717) is 26.8 Å². The highest BCUT2D eigenvalue weighted by Gasteiger charge is 2.13. The van der Waals surface area contributed by atoms with Crippen LogP contribution in [0.1, 0.15) is 5.56 Å². The summed E-state index contributed by atoms with van der Waals surface area (Å²) in [6, 6.07) is 13.0. The van der Waals surface area contributed by atoms with Gasteiger partial charge in [-0.1, -0.05) is 53.2 Å². The standard InChI is InChI=1S/C16H14Cl2N4OS/c1-23-12-4-2-3-11(8-12)15-20-21-16(22(15)19)24-9-10-5-6-13(17)14(18)7-10/h2-8H,9,19H2,1H3. The maximum absolute atomic E-state index is 6.13. The number of nitrogens with two attached hydrogens (primary N) is 1. The van der Waals surface area contributed by atoms with Crippen molar-refractivity contribution in [3.8, 4) is 17.1 Å². The van der Waals surface area contributed by atoms with Crippen LogP contribution in [0.15, 0.2) is 47.6 Å². The van der Waals surface area contributed by atoms with E-state index >= 15 is 0 Å². The third-order valence-corrected chi connectivity index (χ3v) is 5.10. The van der Waals surface area contributed by atoms with Crippen LogP contribution >= 0.6 is 35.0 Å². The molecule has 0 spiro atoms. The number of methoxy groups -OCH3 is 1. The lowest BCUT2D eigenvalue weighted by atomic mass is 10.2. The summed E-state index contributed by atoms with van der Waals surface area (Å²) < 4.78 is 6.69. The molecule has 1 heterocycles. The van der Waals surface area contributed by atoms with Crippen LogP contribution in [0.3, 0.4) is 0 Å². The van der Waals surface area contributed by atoms with Crippen molar-refractivity contribution >= 4 is 35.0 Å². The number of thioether (sulfide) groups is 1. The second-order valence-electron chi connectivity index (χ2n) is 4.95. The van der Waals surface area contributed by atoms with Gasteiger partial charge >= 0.3 is 0 Å². The fourth-order valence-corrected chi connectivity index (χ4v) is 3.23. The highest BCUT2D eigenvalue weighted by atomic mass is 35.5. The number of benzene rings is 2. The Bertz CT molecular complexity index is 869. The molecule has 5 nitrogen and oxygen atoms in total. The van der Waals surface area contributed by atoms with Crippen molar-refractivity contribution in [3.63, 3.8) is 0 Å². The lowest BCUT2D eigenvalue weighted by Gasteiger charge is -2.06. The molecule has 0 radical (unpaired) electrons. The van der Waals surface area contributed by atoms with Crippen molar-refractivity contribution in [2.75, 3.05) is 13.0 Å². The quantitative estimate of drug-likeness (QED) is 0.528. The molecule has 0 unspecified atom stereocenters. The monoisotopic (exact) mass is 380 g/mol. The third-order valence-electron chi connectivity index (χ3n) is 3.34. The van der Waals surface area contributed by atoms with Gasteiger partial charge in [0.05, 0.1) is 17.2 Å². The molecule has 0 aliphatic carbocycles. The zero-order chi connectivity index (χ0) is 17.1. The van der Waals surface area contributed by atoms with Gasteiger partial charge in [-0.05, 0) is 29.8 Å². The number of halogens is 2. The summed E-state index contributed by atoms with van der Waals surface area (Å²) in [5.74, 6) is 8.10. The van der Waals surface area contributed by atoms with Crippen molar-refractivity contribution in [1.29, 1.82) is 0 Å². The van der Waals surface area contributed by atoms with E-state index in [2.05, 4.69) is 10.2 Å². The van der Waals surface area contributed by atoms with Crippen LogP contribution in [0.25, 0.3) is 11.4 Å². The van der Waals surface area contributed by atoms with E-state index in [9.17, 15) is 0 Å². The van der Waals surface area contributed by atoms with Crippen LogP contribution in [0.5, 0.6) is 5.75 Å². The Hall–Kier alpha value is -1.89. The number of hydrogen-bond acceptors (Lipinski definition) is 5. The first-order valence-corrected chi connectivity index (χ1v) is 8.74. The Morgan fingerprint density at radius 1 is 1.12 bits per heavy atom. The molecule has 0 aliphatic rings. The molecule has 0 saturated heterocycles. The van der Waals surface area contributed by atoms with Gasteiger partial charge in [0.1, 0.15) is 5.75 Å². The Balaban J connectivity index is 1.78. The molecule has 3 rings (SSSR count). The van der Waals surface area contributed by atoms with E-state index in [4.69, 9.17) is 33.8 Å². The normalized spacial score (nSPS) is 10.8. The highest BCUT2D eigenvalue weighted by molar-refractivity contribution is 7.98. The van der Waals surface area contributed by atoms with Gasteiger partial charge in [0.25, 0.3) is 0 Å². The third kappa shape index (κ3) is 3.61. The van der Waals surface area contributed by atoms with Gasteiger partial charge in [-0.15, -0.1) is 10.2 Å². The van der Waals surface area contributed by atoms with Crippen molar-refractivity contribution in [2.45, 2.75) is 10.9 Å². The second kappa shape index (κ2) is 7.34. The van der Waals surface area contributed by atoms with E-state index < -0.39 is 0 Å². The predicted octanol–water partition coefficient (Wildman–Crippen LogP) is 4.27. The van der Waals surface area contributed by atoms with Crippen molar-refractivity contribution in [2.24, 2.45) is 0 Å². The van der Waals surface area contributed by atoms with E-state index in [-0.39, 0.29) is 0 Å². The molecule has 3 aromatic rings. The summed E-state index contributed by atoms with van der Waals surface area (Å²) >= 11 is 13.4. The van der Waals surface area contributed by atoms with Gasteiger partial charge in [0, 0.05) is 11.3 Å². The number of ether oxygens (including phenoxy) is 1. The van der Waals surface area contributed by atoms with E-state index in [1.165, 1.54) is 16.4 Å². The molecule has 2 N–H and O–H groups in total. The molecule has 1 aromatic heterocycles. The zero-order valence-corrected chi connectivity index (χ0v) is 15.1.